The Kier molecular flexibility index (Phi) is 3.45. The van der Waals surface area contributed by atoms with Gasteiger partial charge in [-0.3, -0.25) is 9.98 Å². The molecule has 0 aliphatic carbocycles. The molecular weight excluding hydrogens is 292 g/mol. The Balaban J connectivity index is 1.80. The molecule has 2 aliphatic heterocycles. The van der Waals surface area contributed by atoms with Gasteiger partial charge in [-0.1, -0.05) is 24.8 Å². The average Bonchev–Trinajstić information content (AvgIpc) is 3.22. The molecule has 0 aromatic carbocycles. The number of hydrogen-bond acceptors (Lipinski definition) is 4. The summed E-state index contributed by atoms with van der Waals surface area (Å²) < 4.78 is 2.22. The Bertz CT molecular complexity index is 694. The topological polar surface area (TPSA) is 33.4 Å². The minimum Gasteiger partial charge on any atom is -0.353 e. The van der Waals surface area contributed by atoms with Crippen LogP contribution in [-0.2, 0) is 7.05 Å². The van der Waals surface area contributed by atoms with Crippen LogP contribution in [0.3, 0.4) is 0 Å². The summed E-state index contributed by atoms with van der Waals surface area (Å²) in [5, 5.41) is 1.19. The van der Waals surface area contributed by atoms with E-state index in [1.54, 1.807) is 0 Å². The van der Waals surface area contributed by atoms with Crippen molar-refractivity contribution in [2.75, 3.05) is 5.75 Å². The van der Waals surface area contributed by atoms with Crippen molar-refractivity contribution in [1.82, 2.24) is 14.5 Å². The van der Waals surface area contributed by atoms with E-state index < -0.39 is 0 Å². The number of thioether (sulfide) groups is 1. The molecule has 1 fully saturated rings. The third-order valence-electron chi connectivity index (χ3n) is 4.62. The second-order valence-corrected chi connectivity index (χ2v) is 6.87. The molecule has 22 heavy (non-hydrogen) atoms. The minimum atomic E-state index is 0.0895. The maximum Gasteiger partial charge on any atom is 0.160 e. The van der Waals surface area contributed by atoms with Crippen LogP contribution in [0.1, 0.15) is 36.8 Å². The second kappa shape index (κ2) is 5.47. The van der Waals surface area contributed by atoms with E-state index in [1.165, 1.54) is 10.9 Å². The fourth-order valence-corrected chi connectivity index (χ4v) is 4.79. The zero-order chi connectivity index (χ0) is 15.1. The van der Waals surface area contributed by atoms with Crippen molar-refractivity contribution in [3.63, 3.8) is 0 Å². The highest BCUT2D eigenvalue weighted by Gasteiger charge is 2.46. The van der Waals surface area contributed by atoms with Crippen molar-refractivity contribution in [3.8, 4) is 0 Å². The van der Waals surface area contributed by atoms with Crippen molar-refractivity contribution < 1.29 is 0 Å². The molecule has 1 saturated heterocycles. The summed E-state index contributed by atoms with van der Waals surface area (Å²) in [4.78, 5) is 12.1. The third kappa shape index (κ3) is 2.07. The van der Waals surface area contributed by atoms with Gasteiger partial charge in [-0.05, 0) is 30.7 Å². The number of aromatic nitrogens is 2. The zero-order valence-electron chi connectivity index (χ0n) is 12.9. The van der Waals surface area contributed by atoms with Gasteiger partial charge in [0.1, 0.15) is 6.04 Å². The van der Waals surface area contributed by atoms with Crippen LogP contribution in [0.2, 0.25) is 0 Å². The summed E-state index contributed by atoms with van der Waals surface area (Å²) in [5.74, 6) is 1.14. The molecule has 4 nitrogen and oxygen atoms in total. The van der Waals surface area contributed by atoms with E-state index in [1.807, 2.05) is 24.0 Å². The Hall–Kier alpha value is -1.75. The summed E-state index contributed by atoms with van der Waals surface area (Å²) in [6.45, 7) is 2.27. The Morgan fingerprint density at radius 3 is 2.86 bits per heavy atom. The number of fused-ring (bicyclic) bond motifs is 1. The molecule has 0 bridgehead atoms. The highest BCUT2D eigenvalue weighted by Crippen LogP contribution is 2.48. The van der Waals surface area contributed by atoms with Crippen LogP contribution >= 0.6 is 11.8 Å². The number of amidine groups is 1. The summed E-state index contributed by atoms with van der Waals surface area (Å²) in [5.41, 5.74) is 2.38. The smallest absolute Gasteiger partial charge is 0.160 e. The molecule has 0 amide bonds. The standard InChI is InChI=1S/C17H20N4S/c1-3-12-11-22-17-19-15(13-7-4-5-9-18-13)16(21(12)17)14-8-6-10-20(14)2/h4-10,12,15-16H,3,11H2,1-2H3/t12-,15+,16+/m0/s1. The van der Waals surface area contributed by atoms with Gasteiger partial charge in [0.15, 0.2) is 5.17 Å². The second-order valence-electron chi connectivity index (χ2n) is 5.88. The van der Waals surface area contributed by atoms with E-state index in [0.29, 0.717) is 6.04 Å². The monoisotopic (exact) mass is 312 g/mol. The van der Waals surface area contributed by atoms with Crippen LogP contribution in [0.15, 0.2) is 47.7 Å². The first-order valence-electron chi connectivity index (χ1n) is 7.80. The average molecular weight is 312 g/mol. The van der Waals surface area contributed by atoms with E-state index in [9.17, 15) is 0 Å². The fraction of sp³-hybridized carbons (Fsp3) is 0.412. The Labute approximate surface area is 135 Å². The quantitative estimate of drug-likeness (QED) is 0.871. The Morgan fingerprint density at radius 2 is 2.18 bits per heavy atom. The number of pyridine rings is 1. The third-order valence-corrected chi connectivity index (χ3v) is 5.74. The van der Waals surface area contributed by atoms with E-state index >= 15 is 0 Å². The van der Waals surface area contributed by atoms with Crippen molar-refractivity contribution in [2.45, 2.75) is 31.5 Å². The van der Waals surface area contributed by atoms with Gasteiger partial charge in [-0.25, -0.2) is 0 Å². The molecule has 0 spiro atoms. The van der Waals surface area contributed by atoms with E-state index in [0.717, 1.165) is 17.9 Å². The molecule has 2 aromatic heterocycles. The number of nitrogens with zero attached hydrogens (tertiary/aromatic N) is 4. The largest absolute Gasteiger partial charge is 0.353 e. The van der Waals surface area contributed by atoms with Gasteiger partial charge in [0.05, 0.1) is 11.7 Å². The first-order chi connectivity index (χ1) is 10.8. The molecule has 2 aromatic rings. The SMILES string of the molecule is CC[C@H]1CSC2=N[C@H](c3ccccn3)[C@@H](c3cccn3C)N21. The van der Waals surface area contributed by atoms with E-state index in [4.69, 9.17) is 4.99 Å². The van der Waals surface area contributed by atoms with E-state index in [-0.39, 0.29) is 12.1 Å². The van der Waals surface area contributed by atoms with Gasteiger partial charge in [-0.2, -0.15) is 0 Å². The van der Waals surface area contributed by atoms with Gasteiger partial charge in [0, 0.05) is 36.9 Å². The van der Waals surface area contributed by atoms with Crippen LogP contribution in [0.25, 0.3) is 0 Å². The molecule has 5 heteroatoms. The maximum atomic E-state index is 5.03. The van der Waals surface area contributed by atoms with Gasteiger partial charge < -0.3 is 9.47 Å². The predicted molar refractivity (Wildman–Crippen MR) is 90.9 cm³/mol. The zero-order valence-corrected chi connectivity index (χ0v) is 13.7. The van der Waals surface area contributed by atoms with Crippen molar-refractivity contribution in [1.29, 1.82) is 0 Å². The lowest BCUT2D eigenvalue weighted by Crippen LogP contribution is -2.36. The van der Waals surface area contributed by atoms with Crippen LogP contribution in [-0.4, -0.2) is 31.4 Å². The highest BCUT2D eigenvalue weighted by molar-refractivity contribution is 8.14. The molecule has 0 saturated carbocycles. The normalized spacial score (nSPS) is 27.1. The van der Waals surface area contributed by atoms with Crippen molar-refractivity contribution in [3.05, 3.63) is 54.1 Å². The number of rotatable bonds is 3. The lowest BCUT2D eigenvalue weighted by molar-refractivity contribution is 0.247. The van der Waals surface area contributed by atoms with Crippen LogP contribution in [0.5, 0.6) is 0 Å². The summed E-state index contributed by atoms with van der Waals surface area (Å²) in [7, 11) is 2.12. The minimum absolute atomic E-state index is 0.0895. The lowest BCUT2D eigenvalue weighted by Gasteiger charge is -2.31. The number of hydrogen-bond donors (Lipinski definition) is 0. The first-order valence-corrected chi connectivity index (χ1v) is 8.79. The molecule has 3 atom stereocenters. The van der Waals surface area contributed by atoms with Gasteiger partial charge in [0.25, 0.3) is 0 Å². The summed E-state index contributed by atoms with van der Waals surface area (Å²) in [6, 6.07) is 11.4. The Morgan fingerprint density at radius 1 is 1.27 bits per heavy atom. The number of aryl methyl sites for hydroxylation is 1. The number of aliphatic imine (C=N–C) groups is 1. The highest BCUT2D eigenvalue weighted by atomic mass is 32.2. The summed E-state index contributed by atoms with van der Waals surface area (Å²) >= 11 is 1.89. The van der Waals surface area contributed by atoms with E-state index in [2.05, 4.69) is 58.9 Å². The lowest BCUT2D eigenvalue weighted by atomic mass is 9.99. The fourth-order valence-electron chi connectivity index (χ4n) is 3.45. The maximum absolute atomic E-state index is 5.03. The van der Waals surface area contributed by atoms with Gasteiger partial charge in [0.2, 0.25) is 0 Å². The van der Waals surface area contributed by atoms with Gasteiger partial charge in [-0.15, -0.1) is 0 Å². The van der Waals surface area contributed by atoms with Crippen LogP contribution < -0.4 is 0 Å². The van der Waals surface area contributed by atoms with Crippen molar-refractivity contribution >= 4 is 16.9 Å². The van der Waals surface area contributed by atoms with Crippen molar-refractivity contribution in [2.24, 2.45) is 12.0 Å². The summed E-state index contributed by atoms with van der Waals surface area (Å²) in [6.07, 6.45) is 5.14. The molecule has 0 radical (unpaired) electrons. The van der Waals surface area contributed by atoms with Crippen LogP contribution in [0.4, 0.5) is 0 Å². The van der Waals surface area contributed by atoms with Gasteiger partial charge >= 0.3 is 0 Å². The van der Waals surface area contributed by atoms with Crippen LogP contribution in [0, 0.1) is 0 Å². The predicted octanol–water partition coefficient (Wildman–Crippen LogP) is 3.40. The molecule has 0 unspecified atom stereocenters. The molecule has 0 N–H and O–H groups in total. The molecule has 114 valence electrons. The molecule has 4 rings (SSSR count). The molecule has 4 heterocycles. The molecule has 2 aliphatic rings. The first kappa shape index (κ1) is 13.9. The molecular formula is C17H20N4S.